The highest BCUT2D eigenvalue weighted by Crippen LogP contribution is 2.22. The molecule has 0 spiro atoms. The zero-order chi connectivity index (χ0) is 10.1. The van der Waals surface area contributed by atoms with E-state index >= 15 is 0 Å². The van der Waals surface area contributed by atoms with E-state index in [4.69, 9.17) is 5.11 Å². The van der Waals surface area contributed by atoms with E-state index in [1.807, 2.05) is 25.1 Å². The Morgan fingerprint density at radius 2 is 2.07 bits per heavy atom. The lowest BCUT2D eigenvalue weighted by atomic mass is 9.95. The summed E-state index contributed by atoms with van der Waals surface area (Å²) in [7, 11) is 0. The lowest BCUT2D eigenvalue weighted by Gasteiger charge is -2.32. The highest BCUT2D eigenvalue weighted by Gasteiger charge is 2.25. The summed E-state index contributed by atoms with van der Waals surface area (Å²) in [6.45, 7) is 2.47. The van der Waals surface area contributed by atoms with Crippen LogP contribution in [0.25, 0.3) is 0 Å². The van der Waals surface area contributed by atoms with Crippen LogP contribution < -0.4 is 0 Å². The van der Waals surface area contributed by atoms with E-state index in [9.17, 15) is 4.79 Å². The Balaban J connectivity index is 2.31. The molecule has 0 fully saturated rings. The maximum atomic E-state index is 10.9. The molecule has 1 atom stereocenters. The molecule has 1 aromatic carbocycles. The maximum absolute atomic E-state index is 10.9. The van der Waals surface area contributed by atoms with Gasteiger partial charge in [-0.1, -0.05) is 24.3 Å². The summed E-state index contributed by atoms with van der Waals surface area (Å²) >= 11 is 0. The molecule has 0 aromatic heterocycles. The van der Waals surface area contributed by atoms with Gasteiger partial charge in [0.1, 0.15) is 0 Å². The minimum Gasteiger partial charge on any atom is -0.465 e. The van der Waals surface area contributed by atoms with Crippen LogP contribution in [0, 0.1) is 0 Å². The highest BCUT2D eigenvalue weighted by molar-refractivity contribution is 5.66. The Morgan fingerprint density at radius 3 is 2.71 bits per heavy atom. The lowest BCUT2D eigenvalue weighted by molar-refractivity contribution is 0.119. The van der Waals surface area contributed by atoms with E-state index in [2.05, 4.69) is 6.07 Å². The molecule has 0 saturated heterocycles. The van der Waals surface area contributed by atoms with Gasteiger partial charge in [0.05, 0.1) is 0 Å². The summed E-state index contributed by atoms with van der Waals surface area (Å²) in [5.74, 6) is 0. The lowest BCUT2D eigenvalue weighted by Crippen LogP contribution is -2.41. The van der Waals surface area contributed by atoms with E-state index in [-0.39, 0.29) is 6.04 Å². The van der Waals surface area contributed by atoms with Crippen LogP contribution in [0.15, 0.2) is 24.3 Å². The van der Waals surface area contributed by atoms with Crippen LogP contribution >= 0.6 is 0 Å². The van der Waals surface area contributed by atoms with Gasteiger partial charge >= 0.3 is 6.09 Å². The molecule has 3 nitrogen and oxygen atoms in total. The van der Waals surface area contributed by atoms with Crippen molar-refractivity contribution < 1.29 is 9.90 Å². The Kier molecular flexibility index (Phi) is 2.15. The van der Waals surface area contributed by atoms with Gasteiger partial charge < -0.3 is 10.0 Å². The van der Waals surface area contributed by atoms with Crippen LogP contribution in [0.4, 0.5) is 4.79 Å². The second-order valence-electron chi connectivity index (χ2n) is 3.73. The third-order valence-electron chi connectivity index (χ3n) is 2.75. The topological polar surface area (TPSA) is 40.5 Å². The largest absolute Gasteiger partial charge is 0.465 e. The number of carbonyl (C=O) groups is 1. The first-order valence-electron chi connectivity index (χ1n) is 4.75. The molecule has 2 rings (SSSR count). The van der Waals surface area contributed by atoms with Crippen LogP contribution in [-0.4, -0.2) is 22.1 Å². The molecule has 0 saturated carbocycles. The molecule has 3 heteroatoms. The first-order chi connectivity index (χ1) is 6.68. The molecular weight excluding hydrogens is 178 g/mol. The van der Waals surface area contributed by atoms with Crippen molar-refractivity contribution in [3.05, 3.63) is 35.4 Å². The number of hydrogen-bond acceptors (Lipinski definition) is 1. The quantitative estimate of drug-likeness (QED) is 0.682. The van der Waals surface area contributed by atoms with Gasteiger partial charge in [0, 0.05) is 12.6 Å². The van der Waals surface area contributed by atoms with Crippen LogP contribution in [0.5, 0.6) is 0 Å². The average Bonchev–Trinajstić information content (AvgIpc) is 2.16. The minimum atomic E-state index is -0.827. The third-order valence-corrected chi connectivity index (χ3v) is 2.75. The molecule has 1 N–H and O–H groups in total. The number of rotatable bonds is 0. The van der Waals surface area contributed by atoms with Crippen molar-refractivity contribution in [3.8, 4) is 0 Å². The molecular formula is C11H13NO2. The SMILES string of the molecule is C[C@H]1Cc2ccccc2CN1C(=O)O. The van der Waals surface area contributed by atoms with E-state index in [0.717, 1.165) is 12.0 Å². The van der Waals surface area contributed by atoms with Crippen molar-refractivity contribution in [2.24, 2.45) is 0 Å². The van der Waals surface area contributed by atoms with Gasteiger partial charge in [-0.05, 0) is 24.5 Å². The van der Waals surface area contributed by atoms with Crippen LogP contribution in [-0.2, 0) is 13.0 Å². The Hall–Kier alpha value is -1.51. The fourth-order valence-electron chi connectivity index (χ4n) is 1.93. The number of carboxylic acid groups (broad SMARTS) is 1. The first-order valence-corrected chi connectivity index (χ1v) is 4.75. The summed E-state index contributed by atoms with van der Waals surface area (Å²) in [5.41, 5.74) is 2.41. The van der Waals surface area contributed by atoms with E-state index < -0.39 is 6.09 Å². The molecule has 74 valence electrons. The smallest absolute Gasteiger partial charge is 0.407 e. The normalized spacial score (nSPS) is 20.4. The van der Waals surface area contributed by atoms with Crippen LogP contribution in [0.2, 0.25) is 0 Å². The molecule has 0 aliphatic carbocycles. The molecule has 1 aliphatic heterocycles. The van der Waals surface area contributed by atoms with Crippen molar-refractivity contribution in [1.82, 2.24) is 4.90 Å². The van der Waals surface area contributed by atoms with Gasteiger partial charge in [0.15, 0.2) is 0 Å². The number of hydrogen-bond donors (Lipinski definition) is 1. The van der Waals surface area contributed by atoms with Crippen molar-refractivity contribution in [2.45, 2.75) is 25.9 Å². The van der Waals surface area contributed by atoms with Crippen LogP contribution in [0.3, 0.4) is 0 Å². The van der Waals surface area contributed by atoms with Crippen LogP contribution in [0.1, 0.15) is 18.1 Å². The fourth-order valence-corrected chi connectivity index (χ4v) is 1.93. The Labute approximate surface area is 83.0 Å². The van der Waals surface area contributed by atoms with E-state index in [1.54, 1.807) is 0 Å². The van der Waals surface area contributed by atoms with Gasteiger partial charge in [0.25, 0.3) is 0 Å². The monoisotopic (exact) mass is 191 g/mol. The minimum absolute atomic E-state index is 0.0856. The average molecular weight is 191 g/mol. The van der Waals surface area contributed by atoms with Crippen molar-refractivity contribution in [2.75, 3.05) is 0 Å². The zero-order valence-electron chi connectivity index (χ0n) is 8.10. The second kappa shape index (κ2) is 3.33. The summed E-state index contributed by atoms with van der Waals surface area (Å²) < 4.78 is 0. The molecule has 0 bridgehead atoms. The number of nitrogens with zero attached hydrogens (tertiary/aromatic N) is 1. The number of amides is 1. The molecule has 0 radical (unpaired) electrons. The van der Waals surface area contributed by atoms with Crippen molar-refractivity contribution >= 4 is 6.09 Å². The van der Waals surface area contributed by atoms with Gasteiger partial charge in [-0.15, -0.1) is 0 Å². The maximum Gasteiger partial charge on any atom is 0.407 e. The van der Waals surface area contributed by atoms with Gasteiger partial charge in [0.2, 0.25) is 0 Å². The Bertz CT molecular complexity index is 362. The number of fused-ring (bicyclic) bond motifs is 1. The summed E-state index contributed by atoms with van der Waals surface area (Å²) in [4.78, 5) is 12.4. The molecule has 1 heterocycles. The van der Waals surface area contributed by atoms with Crippen molar-refractivity contribution in [1.29, 1.82) is 0 Å². The third kappa shape index (κ3) is 1.45. The standard InChI is InChI=1S/C11H13NO2/c1-8-6-9-4-2-3-5-10(9)7-12(8)11(13)14/h2-5,8H,6-7H2,1H3,(H,13,14)/t8-/m0/s1. The summed E-state index contributed by atoms with van der Waals surface area (Å²) in [6, 6.07) is 8.11. The highest BCUT2D eigenvalue weighted by atomic mass is 16.4. The van der Waals surface area contributed by atoms with Gasteiger partial charge in [-0.3, -0.25) is 0 Å². The molecule has 0 unspecified atom stereocenters. The first kappa shape index (κ1) is 9.06. The Morgan fingerprint density at radius 1 is 1.43 bits per heavy atom. The zero-order valence-corrected chi connectivity index (χ0v) is 8.10. The molecule has 14 heavy (non-hydrogen) atoms. The van der Waals surface area contributed by atoms with E-state index in [1.165, 1.54) is 10.5 Å². The molecule has 1 aliphatic rings. The molecule has 1 amide bonds. The fraction of sp³-hybridized carbons (Fsp3) is 0.364. The second-order valence-corrected chi connectivity index (χ2v) is 3.73. The summed E-state index contributed by atoms with van der Waals surface area (Å²) in [5, 5.41) is 8.96. The van der Waals surface area contributed by atoms with Gasteiger partial charge in [-0.2, -0.15) is 0 Å². The predicted molar refractivity (Wildman–Crippen MR) is 53.2 cm³/mol. The predicted octanol–water partition coefficient (Wildman–Crippen LogP) is 2.11. The van der Waals surface area contributed by atoms with Crippen molar-refractivity contribution in [3.63, 3.8) is 0 Å². The van der Waals surface area contributed by atoms with Gasteiger partial charge in [-0.25, -0.2) is 4.79 Å². The summed E-state index contributed by atoms with van der Waals surface area (Å²) in [6.07, 6.45) is -0.00495. The number of benzene rings is 1. The van der Waals surface area contributed by atoms with E-state index in [0.29, 0.717) is 6.54 Å². The molecule has 1 aromatic rings.